The van der Waals surface area contributed by atoms with Gasteiger partial charge in [0.05, 0.1) is 7.11 Å². The molecule has 9 nitrogen and oxygen atoms in total. The summed E-state index contributed by atoms with van der Waals surface area (Å²) in [5, 5.41) is 64.5. The molecule has 0 saturated carbocycles. The number of hydrogen-bond acceptors (Lipinski definition) is 9. The van der Waals surface area contributed by atoms with Gasteiger partial charge in [-0.1, -0.05) is 283 Å². The van der Waals surface area contributed by atoms with Gasteiger partial charge in [0.25, 0.3) is 0 Å². The fourth-order valence-corrected chi connectivity index (χ4v) is 19.1. The standard InChI is InChI=1S/C71H46O4.C16H9Br.C9H14O5/c1-69(2)74-67(70(72,55-35-27-47-19-15-39-7-3-11-43-23-31-51(55)63(47)59(39)43)56-36-28-48-20-16-40-8-4-12-44-24-32-52(56)64(48)60(40)44)68(75-69)71(73,57-37-29-49-21-17-41-9-5-13-45-25-33-53(57)65(49)61(41)45)58-38-30-50-22-18-42-10-6-14-46-26-34-54(58)66(50)62(42)46;17-14-9-7-12-5-4-10-2-1-3-11-6-8-13(14)16(12)15(10)11;1-5(10)6-7(8(11)12-4)14-9(2,3)13-6/h3-38,67-68,72-73H,1-2H3;1-9H;6-7H,1-4H3/t67-,68-;;6-,7+/m1.0/s1. The molecular formula is C96H69BrO9. The summed E-state index contributed by atoms with van der Waals surface area (Å²) in [6.45, 7) is 8.48. The van der Waals surface area contributed by atoms with Crippen LogP contribution in [0.3, 0.4) is 0 Å². The minimum Gasteiger partial charge on any atom is -0.467 e. The lowest BCUT2D eigenvalue weighted by molar-refractivity contribution is -0.172. The number of carbonyl (C=O) groups is 2. The number of aliphatic hydroxyl groups is 2. The lowest BCUT2D eigenvalue weighted by Crippen LogP contribution is -2.55. The zero-order valence-corrected chi connectivity index (χ0v) is 60.5. The Bertz CT molecular complexity index is 6310. The SMILES string of the molecule is Brc1ccc2ccc3cccc4ccc1c2c34.CC1(C)O[C@@H](C(O)(c2ccc3ccc4cccc5ccc2c3c45)c2ccc3ccc4cccc5ccc2c3c45)[C@H](C(O)(c2ccc3ccc4cccc5ccc2c3c45)c2ccc3ccc4cccc5ccc2c3c45)O1.COC(=O)[C@@H]1OC(C)(C)O[C@H]1C(C)=O. The van der Waals surface area contributed by atoms with Crippen molar-refractivity contribution in [1.29, 1.82) is 0 Å². The van der Waals surface area contributed by atoms with Crippen molar-refractivity contribution in [3.63, 3.8) is 0 Å². The molecule has 0 aliphatic carbocycles. The number of ketones is 1. The molecule has 4 atom stereocenters. The van der Waals surface area contributed by atoms with Crippen molar-refractivity contribution in [2.24, 2.45) is 0 Å². The first-order valence-electron chi connectivity index (χ1n) is 36.1. The number of benzene rings is 20. The van der Waals surface area contributed by atoms with E-state index < -0.39 is 53.2 Å². The van der Waals surface area contributed by atoms with Crippen LogP contribution in [-0.4, -0.2) is 65.1 Å². The topological polar surface area (TPSA) is 121 Å². The number of hydrogen-bond donors (Lipinski definition) is 2. The van der Waals surface area contributed by atoms with Crippen molar-refractivity contribution in [1.82, 2.24) is 0 Å². The zero-order chi connectivity index (χ0) is 72.0. The molecule has 0 spiro atoms. The van der Waals surface area contributed by atoms with Crippen molar-refractivity contribution in [3.8, 4) is 0 Å². The number of ether oxygens (including phenoxy) is 5. The highest BCUT2D eigenvalue weighted by molar-refractivity contribution is 9.10. The summed E-state index contributed by atoms with van der Waals surface area (Å²) in [6.07, 6.45) is -4.25. The molecular weight excluding hydrogens is 1380 g/mol. The van der Waals surface area contributed by atoms with Crippen LogP contribution < -0.4 is 0 Å². The van der Waals surface area contributed by atoms with Crippen molar-refractivity contribution in [3.05, 3.63) is 300 Å². The Kier molecular flexibility index (Phi) is 14.3. The molecule has 514 valence electrons. The van der Waals surface area contributed by atoms with Gasteiger partial charge < -0.3 is 33.9 Å². The average Bonchev–Trinajstić information content (AvgIpc) is 1.20. The summed E-state index contributed by atoms with van der Waals surface area (Å²) in [7, 11) is 1.24. The molecule has 0 amide bonds. The summed E-state index contributed by atoms with van der Waals surface area (Å²) in [5.74, 6) is -3.05. The Labute approximate surface area is 617 Å². The summed E-state index contributed by atoms with van der Waals surface area (Å²) >= 11 is 3.64. The fourth-order valence-electron chi connectivity index (χ4n) is 18.6. The molecule has 0 aromatic heterocycles. The van der Waals surface area contributed by atoms with Crippen LogP contribution in [0, 0.1) is 0 Å². The summed E-state index contributed by atoms with van der Waals surface area (Å²) < 4.78 is 31.3. The zero-order valence-electron chi connectivity index (χ0n) is 58.9. The van der Waals surface area contributed by atoms with Gasteiger partial charge in [0.15, 0.2) is 29.6 Å². The first kappa shape index (κ1) is 64.6. The first-order valence-corrected chi connectivity index (χ1v) is 36.9. The summed E-state index contributed by atoms with van der Waals surface area (Å²) in [6, 6.07) is 97.3. The quantitative estimate of drug-likeness (QED) is 0.113. The van der Waals surface area contributed by atoms with Gasteiger partial charge >= 0.3 is 5.97 Å². The van der Waals surface area contributed by atoms with Crippen LogP contribution in [0.2, 0.25) is 0 Å². The minimum absolute atomic E-state index is 0.244. The van der Waals surface area contributed by atoms with E-state index in [1.807, 2.05) is 13.8 Å². The second kappa shape index (κ2) is 23.5. The van der Waals surface area contributed by atoms with Crippen LogP contribution in [-0.2, 0) is 44.5 Å². The third kappa shape index (κ3) is 9.49. The smallest absolute Gasteiger partial charge is 0.338 e. The highest BCUT2D eigenvalue weighted by atomic mass is 79.9. The van der Waals surface area contributed by atoms with Crippen LogP contribution in [0.25, 0.3) is 162 Å². The van der Waals surface area contributed by atoms with Gasteiger partial charge in [0, 0.05) is 4.47 Å². The van der Waals surface area contributed by atoms with E-state index >= 15 is 10.2 Å². The Hall–Kier alpha value is -11.0. The number of halogens is 1. The molecule has 2 N–H and O–H groups in total. The molecule has 20 aromatic rings. The minimum atomic E-state index is -1.97. The van der Waals surface area contributed by atoms with Crippen LogP contribution in [0.4, 0.5) is 0 Å². The van der Waals surface area contributed by atoms with E-state index in [1.165, 1.54) is 50.8 Å². The number of rotatable bonds is 8. The summed E-state index contributed by atoms with van der Waals surface area (Å²) in [5.41, 5.74) is -1.24. The average molecular weight is 1450 g/mol. The Morgan fingerprint density at radius 1 is 0.311 bits per heavy atom. The van der Waals surface area contributed by atoms with Gasteiger partial charge in [-0.3, -0.25) is 4.79 Å². The second-order valence-corrected chi connectivity index (χ2v) is 30.8. The molecule has 2 aliphatic rings. The number of esters is 1. The molecule has 0 unspecified atom stereocenters. The Balaban J connectivity index is 0.000000197. The first-order chi connectivity index (χ1) is 51.4. The molecule has 2 aliphatic heterocycles. The molecule has 10 heteroatoms. The number of carbonyl (C=O) groups excluding carboxylic acids is 2. The van der Waals surface area contributed by atoms with E-state index in [-0.39, 0.29) is 5.78 Å². The van der Waals surface area contributed by atoms with Gasteiger partial charge in [0.2, 0.25) is 0 Å². The van der Waals surface area contributed by atoms with Crippen molar-refractivity contribution in [2.45, 2.75) is 81.8 Å². The van der Waals surface area contributed by atoms with Crippen molar-refractivity contribution < 1.29 is 43.5 Å². The fraction of sp³-hybridized carbons (Fsp3) is 0.146. The lowest BCUT2D eigenvalue weighted by Gasteiger charge is -2.44. The number of methoxy groups -OCH3 is 1. The second-order valence-electron chi connectivity index (χ2n) is 29.9. The molecule has 0 bridgehead atoms. The van der Waals surface area contributed by atoms with Crippen LogP contribution in [0.15, 0.2) is 277 Å². The highest BCUT2D eigenvalue weighted by Gasteiger charge is 2.63. The van der Waals surface area contributed by atoms with Crippen LogP contribution >= 0.6 is 15.9 Å². The third-order valence-corrected chi connectivity index (χ3v) is 23.8. The molecule has 106 heavy (non-hydrogen) atoms. The van der Waals surface area contributed by atoms with E-state index in [1.54, 1.807) is 13.8 Å². The molecule has 2 fully saturated rings. The molecule has 0 radical (unpaired) electrons. The molecule has 2 saturated heterocycles. The number of Topliss-reactive ketones (excluding diaryl/α,β-unsaturated/α-hetero) is 1. The van der Waals surface area contributed by atoms with Gasteiger partial charge in [-0.05, 0) is 225 Å². The van der Waals surface area contributed by atoms with Crippen molar-refractivity contribution >= 4 is 189 Å². The molecule has 22 rings (SSSR count). The van der Waals surface area contributed by atoms with Crippen LogP contribution in [0.5, 0.6) is 0 Å². The van der Waals surface area contributed by atoms with Crippen LogP contribution in [0.1, 0.15) is 56.9 Å². The van der Waals surface area contributed by atoms with Crippen molar-refractivity contribution in [2.75, 3.05) is 7.11 Å². The van der Waals surface area contributed by atoms with Gasteiger partial charge in [-0.2, -0.15) is 0 Å². The maximum absolute atomic E-state index is 15.3. The predicted molar refractivity (Wildman–Crippen MR) is 435 cm³/mol. The maximum Gasteiger partial charge on any atom is 0.338 e. The highest BCUT2D eigenvalue weighted by Crippen LogP contribution is 2.57. The lowest BCUT2D eigenvalue weighted by atomic mass is 9.68. The Morgan fingerprint density at radius 2 is 0.528 bits per heavy atom. The molecule has 2 heterocycles. The normalized spacial score (nSPS) is 17.7. The maximum atomic E-state index is 15.3. The summed E-state index contributed by atoms with van der Waals surface area (Å²) in [4.78, 5) is 22.4. The van der Waals surface area contributed by atoms with E-state index in [4.69, 9.17) is 18.9 Å². The van der Waals surface area contributed by atoms with E-state index in [2.05, 4.69) is 294 Å². The largest absolute Gasteiger partial charge is 0.467 e. The predicted octanol–water partition coefficient (Wildman–Crippen LogP) is 22.6. The van der Waals surface area contributed by atoms with E-state index in [0.29, 0.717) is 22.3 Å². The van der Waals surface area contributed by atoms with Gasteiger partial charge in [0.1, 0.15) is 23.4 Å². The Morgan fingerprint density at radius 3 is 0.802 bits per heavy atom. The third-order valence-electron chi connectivity index (χ3n) is 23.1. The van der Waals surface area contributed by atoms with E-state index in [0.717, 1.165) is 129 Å². The van der Waals surface area contributed by atoms with Gasteiger partial charge in [-0.25, -0.2) is 4.79 Å². The monoisotopic (exact) mass is 1440 g/mol. The molecule has 20 aromatic carbocycles. The van der Waals surface area contributed by atoms with Gasteiger partial charge in [-0.15, -0.1) is 0 Å². The van der Waals surface area contributed by atoms with E-state index in [9.17, 15) is 9.59 Å².